The molecule has 3 N–H and O–H groups in total. The molecule has 2 nitrogen and oxygen atoms in total. The summed E-state index contributed by atoms with van der Waals surface area (Å²) in [7, 11) is 0. The van der Waals surface area contributed by atoms with Crippen LogP contribution in [0.2, 0.25) is 0 Å². The van der Waals surface area contributed by atoms with Gasteiger partial charge in [0.2, 0.25) is 0 Å². The second kappa shape index (κ2) is 4.11. The Morgan fingerprint density at radius 1 is 1.36 bits per heavy atom. The lowest BCUT2D eigenvalue weighted by Crippen LogP contribution is -2.33. The highest BCUT2D eigenvalue weighted by molar-refractivity contribution is 5.15. The lowest BCUT2D eigenvalue weighted by atomic mass is 10.1. The van der Waals surface area contributed by atoms with E-state index in [4.69, 9.17) is 5.84 Å². The summed E-state index contributed by atoms with van der Waals surface area (Å²) >= 11 is 0. The van der Waals surface area contributed by atoms with E-state index < -0.39 is 0 Å². The minimum atomic E-state index is 0.345. The quantitative estimate of drug-likeness (QED) is 0.500. The first-order valence-corrected chi connectivity index (χ1v) is 3.83. The minimum absolute atomic E-state index is 0.345. The molecule has 0 aliphatic heterocycles. The molecule has 2 heteroatoms. The van der Waals surface area contributed by atoms with E-state index in [-0.39, 0.29) is 0 Å². The number of nitrogens with one attached hydrogen (secondary N) is 1. The van der Waals surface area contributed by atoms with Gasteiger partial charge in [-0.3, -0.25) is 11.3 Å². The van der Waals surface area contributed by atoms with Crippen LogP contribution in [0.4, 0.5) is 0 Å². The Morgan fingerprint density at radius 2 is 2.00 bits per heavy atom. The van der Waals surface area contributed by atoms with Crippen LogP contribution in [0, 0.1) is 0 Å². The van der Waals surface area contributed by atoms with Crippen LogP contribution in [-0.4, -0.2) is 6.04 Å². The van der Waals surface area contributed by atoms with Gasteiger partial charge < -0.3 is 0 Å². The number of hydrogen-bond acceptors (Lipinski definition) is 2. The normalized spacial score (nSPS) is 12.9. The summed E-state index contributed by atoms with van der Waals surface area (Å²) in [6.07, 6.45) is 0.983. The first-order chi connectivity index (χ1) is 5.33. The molecule has 0 bridgehead atoms. The first kappa shape index (κ1) is 8.24. The maximum absolute atomic E-state index is 5.27. The number of benzene rings is 1. The van der Waals surface area contributed by atoms with Gasteiger partial charge in [0.25, 0.3) is 0 Å². The van der Waals surface area contributed by atoms with Crippen LogP contribution < -0.4 is 11.3 Å². The van der Waals surface area contributed by atoms with Crippen molar-refractivity contribution in [2.75, 3.05) is 0 Å². The molecule has 0 spiro atoms. The van der Waals surface area contributed by atoms with Crippen LogP contribution in [-0.2, 0) is 6.42 Å². The third-order valence-corrected chi connectivity index (χ3v) is 1.67. The summed E-state index contributed by atoms with van der Waals surface area (Å²) in [5, 5.41) is 0. The van der Waals surface area contributed by atoms with Crippen LogP contribution in [0.1, 0.15) is 12.5 Å². The third kappa shape index (κ3) is 2.70. The van der Waals surface area contributed by atoms with Gasteiger partial charge in [-0.15, -0.1) is 0 Å². The second-order valence-corrected chi connectivity index (χ2v) is 2.76. The van der Waals surface area contributed by atoms with Crippen molar-refractivity contribution in [2.24, 2.45) is 5.84 Å². The Kier molecular flexibility index (Phi) is 3.08. The fourth-order valence-corrected chi connectivity index (χ4v) is 1.03. The Bertz CT molecular complexity index is 196. The predicted molar refractivity (Wildman–Crippen MR) is 46.9 cm³/mol. The summed E-state index contributed by atoms with van der Waals surface area (Å²) in [6, 6.07) is 10.7. The van der Waals surface area contributed by atoms with Gasteiger partial charge in [0.1, 0.15) is 0 Å². The van der Waals surface area contributed by atoms with Crippen molar-refractivity contribution >= 4 is 0 Å². The topological polar surface area (TPSA) is 38.0 Å². The second-order valence-electron chi connectivity index (χ2n) is 2.76. The zero-order valence-electron chi connectivity index (χ0n) is 6.75. The van der Waals surface area contributed by atoms with E-state index in [1.165, 1.54) is 5.56 Å². The molecule has 0 heterocycles. The van der Waals surface area contributed by atoms with Crippen molar-refractivity contribution in [1.29, 1.82) is 0 Å². The van der Waals surface area contributed by atoms with Gasteiger partial charge in [-0.25, -0.2) is 0 Å². The van der Waals surface area contributed by atoms with E-state index in [9.17, 15) is 0 Å². The highest BCUT2D eigenvalue weighted by Gasteiger charge is 1.98. The van der Waals surface area contributed by atoms with Crippen molar-refractivity contribution < 1.29 is 0 Å². The largest absolute Gasteiger partial charge is 0.271 e. The maximum Gasteiger partial charge on any atom is 0.0222 e. The van der Waals surface area contributed by atoms with E-state index in [1.807, 2.05) is 18.2 Å². The fraction of sp³-hybridized carbons (Fsp3) is 0.333. The first-order valence-electron chi connectivity index (χ1n) is 3.83. The standard InChI is InChI=1S/C9H14N2/c1-8(11-10)7-9-5-3-2-4-6-9/h2-6,8,11H,7,10H2,1H3. The summed E-state index contributed by atoms with van der Waals surface area (Å²) in [4.78, 5) is 0. The van der Waals surface area contributed by atoms with Crippen LogP contribution in [0.25, 0.3) is 0 Å². The SMILES string of the molecule is CC(Cc1ccccc1)NN. The molecule has 0 aromatic heterocycles. The van der Waals surface area contributed by atoms with Crippen molar-refractivity contribution in [1.82, 2.24) is 5.43 Å². The Morgan fingerprint density at radius 3 is 2.55 bits per heavy atom. The van der Waals surface area contributed by atoms with E-state index in [0.29, 0.717) is 6.04 Å². The van der Waals surface area contributed by atoms with Crippen molar-refractivity contribution in [3.8, 4) is 0 Å². The molecule has 11 heavy (non-hydrogen) atoms. The number of nitrogens with two attached hydrogens (primary N) is 1. The van der Waals surface area contributed by atoms with Gasteiger partial charge in [0.05, 0.1) is 0 Å². The molecular formula is C9H14N2. The van der Waals surface area contributed by atoms with E-state index >= 15 is 0 Å². The smallest absolute Gasteiger partial charge is 0.0222 e. The Balaban J connectivity index is 2.51. The molecular weight excluding hydrogens is 136 g/mol. The molecule has 0 amide bonds. The average Bonchev–Trinajstić information content (AvgIpc) is 2.06. The van der Waals surface area contributed by atoms with Crippen LogP contribution in [0.3, 0.4) is 0 Å². The highest BCUT2D eigenvalue weighted by atomic mass is 15.2. The summed E-state index contributed by atoms with van der Waals surface area (Å²) in [5.74, 6) is 5.27. The van der Waals surface area contributed by atoms with Crippen molar-refractivity contribution in [2.45, 2.75) is 19.4 Å². The van der Waals surface area contributed by atoms with Crippen molar-refractivity contribution in [3.05, 3.63) is 35.9 Å². The molecule has 0 aliphatic rings. The molecule has 1 rings (SSSR count). The summed E-state index contributed by atoms with van der Waals surface area (Å²) in [6.45, 7) is 2.06. The monoisotopic (exact) mass is 150 g/mol. The zero-order chi connectivity index (χ0) is 8.10. The maximum atomic E-state index is 5.27. The van der Waals surface area contributed by atoms with Gasteiger partial charge in [-0.05, 0) is 18.9 Å². The van der Waals surface area contributed by atoms with Crippen LogP contribution in [0.5, 0.6) is 0 Å². The molecule has 1 unspecified atom stereocenters. The van der Waals surface area contributed by atoms with Crippen molar-refractivity contribution in [3.63, 3.8) is 0 Å². The molecule has 0 fully saturated rings. The lowest BCUT2D eigenvalue weighted by molar-refractivity contribution is 0.568. The predicted octanol–water partition coefficient (Wildman–Crippen LogP) is 1.08. The van der Waals surface area contributed by atoms with Gasteiger partial charge in [-0.2, -0.15) is 0 Å². The fourth-order valence-electron chi connectivity index (χ4n) is 1.03. The number of hydrogen-bond donors (Lipinski definition) is 2. The molecule has 0 radical (unpaired) electrons. The zero-order valence-corrected chi connectivity index (χ0v) is 6.75. The molecule has 0 saturated carbocycles. The molecule has 0 aliphatic carbocycles. The molecule has 60 valence electrons. The molecule has 0 saturated heterocycles. The highest BCUT2D eigenvalue weighted by Crippen LogP contribution is 2.01. The van der Waals surface area contributed by atoms with Crippen LogP contribution >= 0.6 is 0 Å². The lowest BCUT2D eigenvalue weighted by Gasteiger charge is -2.08. The van der Waals surface area contributed by atoms with E-state index in [0.717, 1.165) is 6.42 Å². The summed E-state index contributed by atoms with van der Waals surface area (Å²) in [5.41, 5.74) is 4.03. The molecule has 1 aromatic carbocycles. The minimum Gasteiger partial charge on any atom is -0.271 e. The molecule has 1 aromatic rings. The van der Waals surface area contributed by atoms with Gasteiger partial charge in [0, 0.05) is 6.04 Å². The Hall–Kier alpha value is -0.860. The molecule has 1 atom stereocenters. The van der Waals surface area contributed by atoms with Gasteiger partial charge in [0.15, 0.2) is 0 Å². The average molecular weight is 150 g/mol. The van der Waals surface area contributed by atoms with E-state index in [1.54, 1.807) is 0 Å². The third-order valence-electron chi connectivity index (χ3n) is 1.67. The number of hydrazine groups is 1. The van der Waals surface area contributed by atoms with Crippen LogP contribution in [0.15, 0.2) is 30.3 Å². The Labute approximate surface area is 67.4 Å². The van der Waals surface area contributed by atoms with E-state index in [2.05, 4.69) is 24.5 Å². The number of rotatable bonds is 3. The van der Waals surface area contributed by atoms with Gasteiger partial charge in [-0.1, -0.05) is 30.3 Å². The van der Waals surface area contributed by atoms with Gasteiger partial charge >= 0.3 is 0 Å². The summed E-state index contributed by atoms with van der Waals surface area (Å²) < 4.78 is 0.